The molecule has 0 spiro atoms. The molecule has 0 aromatic carbocycles. The molecule has 2 saturated heterocycles. The Hall–Kier alpha value is -0.810. The third-order valence-corrected chi connectivity index (χ3v) is 4.73. The van der Waals surface area contributed by atoms with E-state index < -0.39 is 5.60 Å². The number of hydrogen-bond acceptors (Lipinski definition) is 4. The minimum atomic E-state index is -0.444. The quantitative estimate of drug-likeness (QED) is 0.862. The first-order chi connectivity index (χ1) is 10.8. The third-order valence-electron chi connectivity index (χ3n) is 4.73. The van der Waals surface area contributed by atoms with Crippen molar-refractivity contribution in [1.82, 2.24) is 10.2 Å². The van der Waals surface area contributed by atoms with Gasteiger partial charge in [0.2, 0.25) is 0 Å². The van der Waals surface area contributed by atoms with Crippen LogP contribution in [0.3, 0.4) is 0 Å². The molecule has 2 aliphatic heterocycles. The first kappa shape index (κ1) is 18.5. The second-order valence-electron chi connectivity index (χ2n) is 8.09. The Morgan fingerprint density at radius 1 is 1.30 bits per heavy atom. The molecule has 2 rings (SSSR count). The molecule has 0 saturated carbocycles. The molecule has 5 nitrogen and oxygen atoms in total. The van der Waals surface area contributed by atoms with Crippen molar-refractivity contribution in [3.8, 4) is 0 Å². The van der Waals surface area contributed by atoms with Crippen LogP contribution in [-0.4, -0.2) is 55.0 Å². The number of ether oxygens (including phenoxy) is 2. The summed E-state index contributed by atoms with van der Waals surface area (Å²) in [5, 5.41) is 3.01. The van der Waals surface area contributed by atoms with Gasteiger partial charge >= 0.3 is 6.09 Å². The van der Waals surface area contributed by atoms with Gasteiger partial charge in [-0.3, -0.25) is 0 Å². The lowest BCUT2D eigenvalue weighted by molar-refractivity contribution is -0.0145. The van der Waals surface area contributed by atoms with E-state index in [0.29, 0.717) is 12.0 Å². The van der Waals surface area contributed by atoms with Gasteiger partial charge in [-0.05, 0) is 72.3 Å². The molecular formula is C18H34N2O3. The molecule has 0 aromatic heterocycles. The van der Waals surface area contributed by atoms with E-state index in [1.54, 1.807) is 0 Å². The van der Waals surface area contributed by atoms with Gasteiger partial charge in [-0.2, -0.15) is 0 Å². The Labute approximate surface area is 141 Å². The number of carbonyl (C=O) groups excluding carboxylic acids is 1. The average molecular weight is 326 g/mol. The predicted molar refractivity (Wildman–Crippen MR) is 91.6 cm³/mol. The van der Waals surface area contributed by atoms with Gasteiger partial charge in [0.15, 0.2) is 0 Å². The van der Waals surface area contributed by atoms with E-state index in [-0.39, 0.29) is 12.1 Å². The van der Waals surface area contributed by atoms with Gasteiger partial charge in [-0.25, -0.2) is 4.79 Å². The van der Waals surface area contributed by atoms with Crippen LogP contribution in [0.25, 0.3) is 0 Å². The zero-order valence-electron chi connectivity index (χ0n) is 15.3. The molecule has 0 aliphatic carbocycles. The fourth-order valence-corrected chi connectivity index (χ4v) is 3.52. The van der Waals surface area contributed by atoms with E-state index in [0.717, 1.165) is 26.2 Å². The molecule has 0 aromatic rings. The van der Waals surface area contributed by atoms with Crippen molar-refractivity contribution in [2.75, 3.05) is 26.2 Å². The Morgan fingerprint density at radius 3 is 2.74 bits per heavy atom. The molecule has 2 heterocycles. The third kappa shape index (κ3) is 6.68. The van der Waals surface area contributed by atoms with Crippen LogP contribution in [0.1, 0.15) is 59.8 Å². The zero-order valence-corrected chi connectivity index (χ0v) is 15.3. The molecule has 134 valence electrons. The number of alkyl carbamates (subject to hydrolysis) is 1. The van der Waals surface area contributed by atoms with E-state index >= 15 is 0 Å². The summed E-state index contributed by atoms with van der Waals surface area (Å²) in [7, 11) is 0. The number of hydrogen-bond donors (Lipinski definition) is 1. The summed E-state index contributed by atoms with van der Waals surface area (Å²) in [6.45, 7) is 11.9. The van der Waals surface area contributed by atoms with Gasteiger partial charge in [-0.1, -0.05) is 0 Å². The number of rotatable bonds is 4. The van der Waals surface area contributed by atoms with Gasteiger partial charge in [0.1, 0.15) is 5.60 Å². The summed E-state index contributed by atoms with van der Waals surface area (Å²) < 4.78 is 11.2. The smallest absolute Gasteiger partial charge is 0.407 e. The lowest BCUT2D eigenvalue weighted by Crippen LogP contribution is -2.49. The highest BCUT2D eigenvalue weighted by Gasteiger charge is 2.28. The molecule has 0 unspecified atom stereocenters. The van der Waals surface area contributed by atoms with Crippen LogP contribution < -0.4 is 5.32 Å². The van der Waals surface area contributed by atoms with Gasteiger partial charge < -0.3 is 19.7 Å². The lowest BCUT2D eigenvalue weighted by atomic mass is 9.91. The topological polar surface area (TPSA) is 50.8 Å². The number of nitrogens with one attached hydrogen (secondary N) is 1. The zero-order chi connectivity index (χ0) is 16.9. The minimum Gasteiger partial charge on any atom is -0.444 e. The predicted octanol–water partition coefficient (Wildman–Crippen LogP) is 3.18. The average Bonchev–Trinajstić information content (AvgIpc) is 2.46. The summed E-state index contributed by atoms with van der Waals surface area (Å²) in [6.07, 6.45) is 6.13. The number of amides is 1. The number of likely N-dealkylation sites (tertiary alicyclic amines) is 1. The first-order valence-electron chi connectivity index (χ1n) is 9.17. The molecule has 0 radical (unpaired) electrons. The van der Waals surface area contributed by atoms with Crippen LogP contribution in [0.4, 0.5) is 4.79 Å². The van der Waals surface area contributed by atoms with Crippen molar-refractivity contribution in [1.29, 1.82) is 0 Å². The van der Waals surface area contributed by atoms with Gasteiger partial charge in [0.25, 0.3) is 0 Å². The molecule has 2 fully saturated rings. The van der Waals surface area contributed by atoms with Crippen LogP contribution in [0.15, 0.2) is 0 Å². The van der Waals surface area contributed by atoms with Gasteiger partial charge in [0.05, 0.1) is 6.10 Å². The Bertz CT molecular complexity index is 375. The summed E-state index contributed by atoms with van der Waals surface area (Å²) in [5.41, 5.74) is -0.444. The van der Waals surface area contributed by atoms with Crippen molar-refractivity contribution < 1.29 is 14.3 Å². The second-order valence-corrected chi connectivity index (χ2v) is 8.09. The van der Waals surface area contributed by atoms with Gasteiger partial charge in [0, 0.05) is 25.7 Å². The number of carbonyl (C=O) groups is 1. The lowest BCUT2D eigenvalue weighted by Gasteiger charge is -2.38. The SMILES string of the molecule is C[C@H](NC(=O)OC(C)(C)C)[C@@H]1CCCN(C[C@H]2CCCCO2)C1. The van der Waals surface area contributed by atoms with Gasteiger partial charge in [-0.15, -0.1) is 0 Å². The van der Waals surface area contributed by atoms with Crippen LogP contribution in [-0.2, 0) is 9.47 Å². The largest absolute Gasteiger partial charge is 0.444 e. The molecule has 5 heteroatoms. The van der Waals surface area contributed by atoms with Crippen LogP contribution in [0.5, 0.6) is 0 Å². The molecular weight excluding hydrogens is 292 g/mol. The normalized spacial score (nSPS) is 28.2. The Kier molecular flexibility index (Phi) is 6.72. The van der Waals surface area contributed by atoms with E-state index in [4.69, 9.17) is 9.47 Å². The molecule has 3 atom stereocenters. The fraction of sp³-hybridized carbons (Fsp3) is 0.944. The maximum absolute atomic E-state index is 11.9. The summed E-state index contributed by atoms with van der Waals surface area (Å²) in [6, 6.07) is 0.139. The standard InChI is InChI=1S/C18H34N2O3/c1-14(19-17(21)23-18(2,3)4)15-8-7-10-20(12-15)13-16-9-5-6-11-22-16/h14-16H,5-13H2,1-4H3,(H,19,21)/t14-,15+,16+/m0/s1. The van der Waals surface area contributed by atoms with Crippen molar-refractivity contribution >= 4 is 6.09 Å². The maximum atomic E-state index is 11.9. The van der Waals surface area contributed by atoms with Crippen molar-refractivity contribution in [2.45, 2.75) is 77.5 Å². The Morgan fingerprint density at radius 2 is 2.09 bits per heavy atom. The second kappa shape index (κ2) is 8.34. The number of piperidine rings is 1. The van der Waals surface area contributed by atoms with Crippen molar-refractivity contribution in [2.24, 2.45) is 5.92 Å². The molecule has 23 heavy (non-hydrogen) atoms. The maximum Gasteiger partial charge on any atom is 0.407 e. The minimum absolute atomic E-state index is 0.139. The van der Waals surface area contributed by atoms with Crippen LogP contribution in [0.2, 0.25) is 0 Å². The highest BCUT2D eigenvalue weighted by Crippen LogP contribution is 2.22. The van der Waals surface area contributed by atoms with E-state index in [9.17, 15) is 4.79 Å². The highest BCUT2D eigenvalue weighted by molar-refractivity contribution is 5.68. The Balaban J connectivity index is 1.76. The molecule has 2 aliphatic rings. The summed E-state index contributed by atoms with van der Waals surface area (Å²) in [5.74, 6) is 0.486. The van der Waals surface area contributed by atoms with E-state index in [1.165, 1.54) is 32.1 Å². The monoisotopic (exact) mass is 326 g/mol. The number of nitrogens with zero attached hydrogens (tertiary/aromatic N) is 1. The summed E-state index contributed by atoms with van der Waals surface area (Å²) >= 11 is 0. The van der Waals surface area contributed by atoms with E-state index in [2.05, 4.69) is 17.1 Å². The van der Waals surface area contributed by atoms with Crippen LogP contribution >= 0.6 is 0 Å². The van der Waals surface area contributed by atoms with Crippen molar-refractivity contribution in [3.63, 3.8) is 0 Å². The fourth-order valence-electron chi connectivity index (χ4n) is 3.52. The highest BCUT2D eigenvalue weighted by atomic mass is 16.6. The molecule has 0 bridgehead atoms. The summed E-state index contributed by atoms with van der Waals surface area (Å²) in [4.78, 5) is 14.5. The van der Waals surface area contributed by atoms with Crippen LogP contribution in [0, 0.1) is 5.92 Å². The van der Waals surface area contributed by atoms with Crippen molar-refractivity contribution in [3.05, 3.63) is 0 Å². The van der Waals surface area contributed by atoms with E-state index in [1.807, 2.05) is 20.8 Å². The molecule has 1 N–H and O–H groups in total. The first-order valence-corrected chi connectivity index (χ1v) is 9.17. The molecule has 1 amide bonds.